The molecule has 2 atom stereocenters. The highest BCUT2D eigenvalue weighted by atomic mass is 32.2. The van der Waals surface area contributed by atoms with Crippen molar-refractivity contribution < 1.29 is 27.2 Å². The van der Waals surface area contributed by atoms with Crippen molar-refractivity contribution in [2.24, 2.45) is 0 Å². The van der Waals surface area contributed by atoms with Crippen LogP contribution < -0.4 is 14.4 Å². The van der Waals surface area contributed by atoms with Crippen LogP contribution in [-0.4, -0.2) is 34.9 Å². The summed E-state index contributed by atoms with van der Waals surface area (Å²) in [7, 11) is -3.55. The summed E-state index contributed by atoms with van der Waals surface area (Å²) in [5, 5.41) is 10.7. The largest absolute Gasteiger partial charge is 0.573 e. The standard InChI is InChI=1S/C22H20F3N3O3S2/c23-22(24,25)31-16-9-11-17(12-10-16)33(26,30)27-13-15(29)14-28-18-5-1-3-7-20(18)32-21-8-4-2-6-19(21)28/h1-12,15,29H,13-14H2,(H2,26,27,30). The van der Waals surface area contributed by atoms with E-state index in [9.17, 15) is 22.5 Å². The van der Waals surface area contributed by atoms with Crippen molar-refractivity contribution in [3.8, 4) is 5.75 Å². The number of aliphatic hydroxyl groups excluding tert-OH is 1. The summed E-state index contributed by atoms with van der Waals surface area (Å²) in [6.07, 6.45) is -5.82. The molecule has 0 bridgehead atoms. The van der Waals surface area contributed by atoms with Crippen molar-refractivity contribution in [2.45, 2.75) is 27.2 Å². The normalized spacial score (nSPS) is 15.8. The van der Waals surface area contributed by atoms with Gasteiger partial charge < -0.3 is 14.7 Å². The van der Waals surface area contributed by atoms with Crippen LogP contribution in [0.1, 0.15) is 0 Å². The van der Waals surface area contributed by atoms with Crippen LogP contribution in [0.15, 0.2) is 87.5 Å². The van der Waals surface area contributed by atoms with E-state index in [4.69, 9.17) is 4.78 Å². The Morgan fingerprint density at radius 3 is 2.09 bits per heavy atom. The van der Waals surface area contributed by atoms with Gasteiger partial charge in [0, 0.05) is 16.3 Å². The van der Waals surface area contributed by atoms with Gasteiger partial charge >= 0.3 is 6.36 Å². The fourth-order valence-corrected chi connectivity index (χ4v) is 5.59. The lowest BCUT2D eigenvalue weighted by molar-refractivity contribution is -0.274. The number of β-amino-alcohol motifs (C(OH)–C–C–N with tert-alkyl or cyclic N) is 1. The molecule has 1 heterocycles. The summed E-state index contributed by atoms with van der Waals surface area (Å²) >= 11 is 1.64. The van der Waals surface area contributed by atoms with E-state index < -0.39 is 28.1 Å². The van der Waals surface area contributed by atoms with Gasteiger partial charge in [-0.15, -0.1) is 13.2 Å². The molecule has 1 aliphatic heterocycles. The van der Waals surface area contributed by atoms with Gasteiger partial charge in [-0.05, 0) is 48.5 Å². The number of ether oxygens (including phenoxy) is 1. The van der Waals surface area contributed by atoms with Gasteiger partial charge in [-0.1, -0.05) is 36.0 Å². The first-order valence-electron chi connectivity index (χ1n) is 9.83. The number of fused-ring (bicyclic) bond motifs is 2. The molecule has 3 aromatic carbocycles. The van der Waals surface area contributed by atoms with Crippen LogP contribution in [0.5, 0.6) is 5.75 Å². The summed E-state index contributed by atoms with van der Waals surface area (Å²) in [5.41, 5.74) is 1.87. The molecule has 3 N–H and O–H groups in total. The number of alkyl halides is 3. The molecule has 3 aromatic rings. The van der Waals surface area contributed by atoms with Crippen LogP contribution in [-0.2, 0) is 9.92 Å². The number of hydrogen-bond acceptors (Lipinski definition) is 6. The zero-order valence-electron chi connectivity index (χ0n) is 17.1. The van der Waals surface area contributed by atoms with Crippen LogP contribution in [0.3, 0.4) is 0 Å². The molecule has 174 valence electrons. The quantitative estimate of drug-likeness (QED) is 0.422. The Kier molecular flexibility index (Phi) is 6.57. The summed E-state index contributed by atoms with van der Waals surface area (Å²) in [6.45, 7) is 0.0343. The van der Waals surface area contributed by atoms with E-state index in [1.807, 2.05) is 53.4 Å². The molecule has 0 amide bonds. The van der Waals surface area contributed by atoms with Crippen molar-refractivity contribution in [2.75, 3.05) is 18.0 Å². The first kappa shape index (κ1) is 23.4. The lowest BCUT2D eigenvalue weighted by Gasteiger charge is -2.34. The number of nitrogens with zero attached hydrogens (tertiary/aromatic N) is 1. The molecular formula is C22H20F3N3O3S2. The van der Waals surface area contributed by atoms with Gasteiger partial charge in [-0.2, -0.15) is 0 Å². The van der Waals surface area contributed by atoms with E-state index in [0.29, 0.717) is 0 Å². The average molecular weight is 496 g/mol. The second-order valence-corrected chi connectivity index (χ2v) is 10.2. The van der Waals surface area contributed by atoms with Gasteiger partial charge in [0.25, 0.3) is 0 Å². The maximum Gasteiger partial charge on any atom is 0.573 e. The third kappa shape index (κ3) is 5.61. The highest BCUT2D eigenvalue weighted by Crippen LogP contribution is 2.47. The molecule has 2 unspecified atom stereocenters. The Balaban J connectivity index is 1.44. The molecule has 1 aliphatic rings. The second-order valence-electron chi connectivity index (χ2n) is 7.23. The van der Waals surface area contributed by atoms with Crippen molar-refractivity contribution in [1.29, 1.82) is 4.78 Å². The van der Waals surface area contributed by atoms with Gasteiger partial charge in [0.2, 0.25) is 0 Å². The Bertz CT molecular complexity index is 1190. The summed E-state index contributed by atoms with van der Waals surface area (Å²) < 4.78 is 64.1. The molecule has 0 saturated carbocycles. The number of anilines is 2. The van der Waals surface area contributed by atoms with Crippen molar-refractivity contribution in [1.82, 2.24) is 4.72 Å². The Morgan fingerprint density at radius 2 is 1.55 bits per heavy atom. The molecule has 0 radical (unpaired) electrons. The molecular weight excluding hydrogens is 475 g/mol. The zero-order chi connectivity index (χ0) is 23.6. The second kappa shape index (κ2) is 9.26. The maximum absolute atomic E-state index is 12.7. The topological polar surface area (TPSA) is 85.7 Å². The van der Waals surface area contributed by atoms with E-state index in [1.54, 1.807) is 11.8 Å². The fourth-order valence-electron chi connectivity index (χ4n) is 3.38. The highest BCUT2D eigenvalue weighted by molar-refractivity contribution is 7.99. The Hall–Kier alpha value is -2.73. The first-order valence-corrected chi connectivity index (χ1v) is 12.2. The number of nitrogens with one attached hydrogen (secondary N) is 2. The van der Waals surface area contributed by atoms with E-state index >= 15 is 0 Å². The van der Waals surface area contributed by atoms with E-state index in [0.717, 1.165) is 45.4 Å². The average Bonchev–Trinajstić information content (AvgIpc) is 2.77. The fraction of sp³-hybridized carbons (Fsp3) is 0.182. The number of para-hydroxylation sites is 2. The predicted octanol–water partition coefficient (Wildman–Crippen LogP) is 5.16. The number of rotatable bonds is 7. The minimum atomic E-state index is -4.84. The smallest absolute Gasteiger partial charge is 0.406 e. The van der Waals surface area contributed by atoms with Crippen LogP contribution in [0.2, 0.25) is 0 Å². The van der Waals surface area contributed by atoms with Gasteiger partial charge in [0.1, 0.15) is 15.7 Å². The van der Waals surface area contributed by atoms with Crippen LogP contribution in [0.4, 0.5) is 24.5 Å². The monoisotopic (exact) mass is 495 g/mol. The number of hydrogen-bond donors (Lipinski definition) is 3. The Morgan fingerprint density at radius 1 is 1.00 bits per heavy atom. The summed E-state index contributed by atoms with van der Waals surface area (Å²) in [4.78, 5) is 4.04. The van der Waals surface area contributed by atoms with Gasteiger partial charge in [0.15, 0.2) is 0 Å². The molecule has 6 nitrogen and oxygen atoms in total. The maximum atomic E-state index is 12.7. The third-order valence-electron chi connectivity index (χ3n) is 4.84. The van der Waals surface area contributed by atoms with Crippen molar-refractivity contribution in [3.05, 3.63) is 72.8 Å². The van der Waals surface area contributed by atoms with Crippen LogP contribution in [0, 0.1) is 4.78 Å². The number of halogens is 3. The molecule has 4 rings (SSSR count). The van der Waals surface area contributed by atoms with Crippen molar-refractivity contribution in [3.63, 3.8) is 0 Å². The number of aliphatic hydroxyl groups is 1. The van der Waals surface area contributed by atoms with E-state index in [-0.39, 0.29) is 18.0 Å². The van der Waals surface area contributed by atoms with Gasteiger partial charge in [-0.3, -0.25) is 0 Å². The van der Waals surface area contributed by atoms with E-state index in [2.05, 4.69) is 9.46 Å². The summed E-state index contributed by atoms with van der Waals surface area (Å²) in [5.74, 6) is -0.471. The van der Waals surface area contributed by atoms with Gasteiger partial charge in [-0.25, -0.2) is 13.7 Å². The van der Waals surface area contributed by atoms with E-state index in [1.165, 1.54) is 0 Å². The van der Waals surface area contributed by atoms with Gasteiger partial charge in [0.05, 0.1) is 28.9 Å². The minimum absolute atomic E-state index is 0.0192. The zero-order valence-corrected chi connectivity index (χ0v) is 18.7. The Labute approximate surface area is 193 Å². The van der Waals surface area contributed by atoms with Crippen LogP contribution >= 0.6 is 11.8 Å². The SMILES string of the molecule is N=S(=O)(NCC(O)CN1c2ccccc2Sc2ccccc21)c1ccc(OC(F)(F)F)cc1. The minimum Gasteiger partial charge on any atom is -0.406 e. The lowest BCUT2D eigenvalue weighted by atomic mass is 10.2. The molecule has 0 aromatic heterocycles. The lowest BCUT2D eigenvalue weighted by Crippen LogP contribution is -2.39. The molecule has 33 heavy (non-hydrogen) atoms. The summed E-state index contributed by atoms with van der Waals surface area (Å²) in [6, 6.07) is 19.9. The highest BCUT2D eigenvalue weighted by Gasteiger charge is 2.31. The van der Waals surface area contributed by atoms with Crippen LogP contribution in [0.25, 0.3) is 0 Å². The molecule has 0 saturated heterocycles. The molecule has 0 spiro atoms. The third-order valence-corrected chi connectivity index (χ3v) is 7.48. The predicted molar refractivity (Wildman–Crippen MR) is 120 cm³/mol. The number of benzene rings is 3. The van der Waals surface area contributed by atoms with Crippen molar-refractivity contribution >= 4 is 33.1 Å². The first-order chi connectivity index (χ1) is 15.6. The molecule has 0 fully saturated rings. The molecule has 11 heteroatoms. The molecule has 0 aliphatic carbocycles.